The third kappa shape index (κ3) is 3.93. The van der Waals surface area contributed by atoms with E-state index in [0.717, 1.165) is 38.5 Å². The lowest BCUT2D eigenvalue weighted by Gasteiger charge is -2.37. The van der Waals surface area contributed by atoms with Gasteiger partial charge < -0.3 is 10.1 Å². The summed E-state index contributed by atoms with van der Waals surface area (Å²) < 4.78 is 5.09. The summed E-state index contributed by atoms with van der Waals surface area (Å²) in [5.41, 5.74) is 0. The fourth-order valence-electron chi connectivity index (χ4n) is 3.67. The van der Waals surface area contributed by atoms with Gasteiger partial charge in [0.25, 0.3) is 0 Å². The first-order valence-corrected chi connectivity index (χ1v) is 7.75. The molecule has 0 aromatic carbocycles. The lowest BCUT2D eigenvalue weighted by molar-refractivity contribution is -0.150. The Morgan fingerprint density at radius 2 is 2.11 bits per heavy atom. The Balaban J connectivity index is 2.07. The molecule has 110 valence electrons. The number of methoxy groups -OCH3 is 1. The smallest absolute Gasteiger partial charge is 0.323 e. The van der Waals surface area contributed by atoms with Gasteiger partial charge in [0.05, 0.1) is 7.11 Å². The summed E-state index contributed by atoms with van der Waals surface area (Å²) in [5, 5.41) is 3.41. The first-order chi connectivity index (χ1) is 9.22. The van der Waals surface area contributed by atoms with Gasteiger partial charge in [-0.25, -0.2) is 0 Å². The molecule has 4 nitrogen and oxygen atoms in total. The Labute approximate surface area is 116 Å². The van der Waals surface area contributed by atoms with E-state index in [2.05, 4.69) is 17.1 Å². The summed E-state index contributed by atoms with van der Waals surface area (Å²) in [5.74, 6) is 1.20. The number of nitrogens with zero attached hydrogens (tertiary/aromatic N) is 1. The summed E-state index contributed by atoms with van der Waals surface area (Å²) >= 11 is 0. The molecule has 1 N–H and O–H groups in total. The number of rotatable bonds is 3. The van der Waals surface area contributed by atoms with E-state index in [-0.39, 0.29) is 12.0 Å². The number of hydrogen-bond acceptors (Lipinski definition) is 4. The third-order valence-corrected chi connectivity index (χ3v) is 4.63. The summed E-state index contributed by atoms with van der Waals surface area (Å²) in [6.45, 7) is 6.33. The van der Waals surface area contributed by atoms with Crippen LogP contribution < -0.4 is 5.32 Å². The Bertz CT molecular complexity index is 286. The molecule has 1 aliphatic heterocycles. The SMILES string of the molecule is COC(=O)C(C1CCCC(C)C1)N1CCCNCC1. The van der Waals surface area contributed by atoms with Gasteiger partial charge in [0.2, 0.25) is 0 Å². The summed E-state index contributed by atoms with van der Waals surface area (Å²) in [6.07, 6.45) is 6.03. The van der Waals surface area contributed by atoms with E-state index in [9.17, 15) is 4.79 Å². The average Bonchev–Trinajstić information content (AvgIpc) is 2.68. The van der Waals surface area contributed by atoms with Crippen LogP contribution in [0.2, 0.25) is 0 Å². The largest absolute Gasteiger partial charge is 0.468 e. The van der Waals surface area contributed by atoms with Crippen molar-refractivity contribution in [2.24, 2.45) is 11.8 Å². The molecular formula is C15H28N2O2. The summed E-state index contributed by atoms with van der Waals surface area (Å²) in [6, 6.07) is -0.0207. The molecule has 0 aromatic rings. The lowest BCUT2D eigenvalue weighted by atomic mass is 9.78. The van der Waals surface area contributed by atoms with Crippen LogP contribution in [-0.2, 0) is 9.53 Å². The van der Waals surface area contributed by atoms with Crippen molar-refractivity contribution < 1.29 is 9.53 Å². The van der Waals surface area contributed by atoms with E-state index >= 15 is 0 Å². The molecule has 2 fully saturated rings. The second-order valence-electron chi connectivity index (χ2n) is 6.14. The highest BCUT2D eigenvalue weighted by Gasteiger charge is 2.36. The lowest BCUT2D eigenvalue weighted by Crippen LogP contribution is -2.49. The monoisotopic (exact) mass is 268 g/mol. The topological polar surface area (TPSA) is 41.6 Å². The van der Waals surface area contributed by atoms with Gasteiger partial charge in [-0.1, -0.05) is 19.8 Å². The van der Waals surface area contributed by atoms with Gasteiger partial charge in [-0.2, -0.15) is 0 Å². The predicted molar refractivity (Wildman–Crippen MR) is 76.0 cm³/mol. The molecule has 0 bridgehead atoms. The van der Waals surface area contributed by atoms with Crippen molar-refractivity contribution in [2.45, 2.75) is 45.1 Å². The van der Waals surface area contributed by atoms with E-state index in [1.165, 1.54) is 32.8 Å². The second kappa shape index (κ2) is 7.25. The van der Waals surface area contributed by atoms with E-state index in [4.69, 9.17) is 4.74 Å². The molecule has 0 radical (unpaired) electrons. The van der Waals surface area contributed by atoms with E-state index in [1.807, 2.05) is 0 Å². The molecule has 3 unspecified atom stereocenters. The first-order valence-electron chi connectivity index (χ1n) is 7.75. The molecule has 0 spiro atoms. The number of ether oxygens (including phenoxy) is 1. The quantitative estimate of drug-likeness (QED) is 0.790. The number of hydrogen-bond donors (Lipinski definition) is 1. The van der Waals surface area contributed by atoms with Crippen LogP contribution in [0, 0.1) is 11.8 Å². The van der Waals surface area contributed by atoms with Crippen LogP contribution in [0.15, 0.2) is 0 Å². The first kappa shape index (κ1) is 14.8. The van der Waals surface area contributed by atoms with Crippen LogP contribution in [0.25, 0.3) is 0 Å². The molecule has 1 heterocycles. The average molecular weight is 268 g/mol. The van der Waals surface area contributed by atoms with Gasteiger partial charge in [-0.05, 0) is 37.6 Å². The fourth-order valence-corrected chi connectivity index (χ4v) is 3.67. The standard InChI is InChI=1S/C15H28N2O2/c1-12-5-3-6-13(11-12)14(15(18)19-2)17-9-4-7-16-8-10-17/h12-14,16H,3-11H2,1-2H3. The zero-order valence-corrected chi connectivity index (χ0v) is 12.4. The van der Waals surface area contributed by atoms with Crippen molar-refractivity contribution in [3.8, 4) is 0 Å². The van der Waals surface area contributed by atoms with Gasteiger partial charge in [0.15, 0.2) is 0 Å². The number of carbonyl (C=O) groups is 1. The van der Waals surface area contributed by atoms with E-state index < -0.39 is 0 Å². The van der Waals surface area contributed by atoms with Crippen LogP contribution in [0.5, 0.6) is 0 Å². The molecule has 0 amide bonds. The fraction of sp³-hybridized carbons (Fsp3) is 0.933. The van der Waals surface area contributed by atoms with Crippen LogP contribution in [0.4, 0.5) is 0 Å². The predicted octanol–water partition coefficient (Wildman–Crippen LogP) is 1.65. The maximum atomic E-state index is 12.2. The Hall–Kier alpha value is -0.610. The maximum Gasteiger partial charge on any atom is 0.323 e. The normalized spacial score (nSPS) is 31.5. The van der Waals surface area contributed by atoms with Crippen LogP contribution >= 0.6 is 0 Å². The van der Waals surface area contributed by atoms with Gasteiger partial charge in [0, 0.05) is 19.6 Å². The van der Waals surface area contributed by atoms with E-state index in [1.54, 1.807) is 0 Å². The summed E-state index contributed by atoms with van der Waals surface area (Å²) in [7, 11) is 1.53. The Morgan fingerprint density at radius 1 is 1.26 bits per heavy atom. The molecule has 1 saturated carbocycles. The van der Waals surface area contributed by atoms with Crippen LogP contribution in [0.1, 0.15) is 39.0 Å². The number of carbonyl (C=O) groups excluding carboxylic acids is 1. The molecule has 0 aromatic heterocycles. The highest BCUT2D eigenvalue weighted by Crippen LogP contribution is 2.33. The van der Waals surface area contributed by atoms with Crippen LogP contribution in [-0.4, -0.2) is 50.2 Å². The van der Waals surface area contributed by atoms with Crippen molar-refractivity contribution in [1.82, 2.24) is 10.2 Å². The maximum absolute atomic E-state index is 12.2. The third-order valence-electron chi connectivity index (χ3n) is 4.63. The van der Waals surface area contributed by atoms with Gasteiger partial charge in [-0.3, -0.25) is 9.69 Å². The number of nitrogens with one attached hydrogen (secondary N) is 1. The van der Waals surface area contributed by atoms with Crippen molar-refractivity contribution >= 4 is 5.97 Å². The minimum atomic E-state index is -0.0269. The molecule has 1 aliphatic carbocycles. The molecule has 4 heteroatoms. The van der Waals surface area contributed by atoms with Crippen molar-refractivity contribution in [2.75, 3.05) is 33.3 Å². The molecule has 19 heavy (non-hydrogen) atoms. The van der Waals surface area contributed by atoms with Crippen LogP contribution in [0.3, 0.4) is 0 Å². The van der Waals surface area contributed by atoms with E-state index in [0.29, 0.717) is 5.92 Å². The van der Waals surface area contributed by atoms with Gasteiger partial charge >= 0.3 is 5.97 Å². The molecule has 2 aliphatic rings. The Morgan fingerprint density at radius 3 is 2.84 bits per heavy atom. The Kier molecular flexibility index (Phi) is 5.64. The zero-order chi connectivity index (χ0) is 13.7. The highest BCUT2D eigenvalue weighted by molar-refractivity contribution is 5.76. The zero-order valence-electron chi connectivity index (χ0n) is 12.4. The van der Waals surface area contributed by atoms with Gasteiger partial charge in [0.1, 0.15) is 6.04 Å². The number of esters is 1. The van der Waals surface area contributed by atoms with Crippen molar-refractivity contribution in [3.63, 3.8) is 0 Å². The summed E-state index contributed by atoms with van der Waals surface area (Å²) in [4.78, 5) is 14.6. The highest BCUT2D eigenvalue weighted by atomic mass is 16.5. The van der Waals surface area contributed by atoms with Crippen molar-refractivity contribution in [3.05, 3.63) is 0 Å². The molecular weight excluding hydrogens is 240 g/mol. The molecule has 3 atom stereocenters. The molecule has 1 saturated heterocycles. The molecule has 2 rings (SSSR count). The van der Waals surface area contributed by atoms with Gasteiger partial charge in [-0.15, -0.1) is 0 Å². The minimum absolute atomic E-state index is 0.0207. The minimum Gasteiger partial charge on any atom is -0.468 e. The van der Waals surface area contributed by atoms with Crippen molar-refractivity contribution in [1.29, 1.82) is 0 Å². The second-order valence-corrected chi connectivity index (χ2v) is 6.14.